The second kappa shape index (κ2) is 4.70. The molecule has 1 aliphatic carbocycles. The van der Waals surface area contributed by atoms with Crippen molar-refractivity contribution in [1.29, 1.82) is 0 Å². The Morgan fingerprint density at radius 3 is 2.89 bits per heavy atom. The highest BCUT2D eigenvalue weighted by Gasteiger charge is 2.39. The summed E-state index contributed by atoms with van der Waals surface area (Å²) < 4.78 is 5.95. The first-order chi connectivity index (χ1) is 8.75. The average Bonchev–Trinajstić information content (AvgIpc) is 2.98. The molecule has 1 N–H and O–H groups in total. The van der Waals surface area contributed by atoms with Crippen molar-refractivity contribution in [3.63, 3.8) is 0 Å². The maximum atomic E-state index is 12.1. The summed E-state index contributed by atoms with van der Waals surface area (Å²) in [5, 5.41) is 0. The lowest BCUT2D eigenvalue weighted by molar-refractivity contribution is -0.0460. The summed E-state index contributed by atoms with van der Waals surface area (Å²) in [6, 6.07) is 0. The number of fused-ring (bicyclic) bond motifs is 1. The maximum Gasteiger partial charge on any atom is 0.255 e. The second-order valence-electron chi connectivity index (χ2n) is 4.97. The summed E-state index contributed by atoms with van der Waals surface area (Å²) >= 11 is 1.76. The first-order valence-electron chi connectivity index (χ1n) is 6.59. The number of thioether (sulfide) groups is 1. The summed E-state index contributed by atoms with van der Waals surface area (Å²) in [6.45, 7) is 2.66. The van der Waals surface area contributed by atoms with Crippen LogP contribution in [0.1, 0.15) is 49.7 Å². The molecule has 1 saturated carbocycles. The van der Waals surface area contributed by atoms with E-state index in [0.29, 0.717) is 6.61 Å². The molecule has 0 radical (unpaired) electrons. The molecule has 1 aromatic rings. The third kappa shape index (κ3) is 1.89. The van der Waals surface area contributed by atoms with Gasteiger partial charge in [0.1, 0.15) is 11.4 Å². The molecule has 2 heterocycles. The van der Waals surface area contributed by atoms with Crippen LogP contribution in [0.25, 0.3) is 0 Å². The van der Waals surface area contributed by atoms with Gasteiger partial charge in [0.2, 0.25) is 0 Å². The fourth-order valence-corrected chi connectivity index (χ4v) is 3.99. The van der Waals surface area contributed by atoms with E-state index in [1.165, 1.54) is 0 Å². The lowest BCUT2D eigenvalue weighted by Crippen LogP contribution is -2.32. The van der Waals surface area contributed by atoms with E-state index in [4.69, 9.17) is 4.74 Å². The molecule has 18 heavy (non-hydrogen) atoms. The number of aromatic amines is 1. The largest absolute Gasteiger partial charge is 0.367 e. The highest BCUT2D eigenvalue weighted by atomic mass is 32.2. The van der Waals surface area contributed by atoms with E-state index in [1.807, 2.05) is 6.92 Å². The lowest BCUT2D eigenvalue weighted by atomic mass is 10.0. The molecule has 1 fully saturated rings. The normalized spacial score (nSPS) is 21.2. The highest BCUT2D eigenvalue weighted by Crippen LogP contribution is 2.40. The number of nitrogens with zero attached hydrogens (tertiary/aromatic N) is 1. The van der Waals surface area contributed by atoms with Gasteiger partial charge in [-0.1, -0.05) is 0 Å². The zero-order valence-corrected chi connectivity index (χ0v) is 11.4. The van der Waals surface area contributed by atoms with Crippen LogP contribution in [0.3, 0.4) is 0 Å². The number of H-pyrrole nitrogens is 1. The third-order valence-corrected chi connectivity index (χ3v) is 4.82. The number of rotatable bonds is 3. The topological polar surface area (TPSA) is 55.0 Å². The molecule has 0 spiro atoms. The van der Waals surface area contributed by atoms with Gasteiger partial charge in [0.15, 0.2) is 0 Å². The van der Waals surface area contributed by atoms with E-state index in [9.17, 15) is 4.79 Å². The Hall–Kier alpha value is -0.810. The van der Waals surface area contributed by atoms with Crippen LogP contribution in [0.4, 0.5) is 0 Å². The van der Waals surface area contributed by atoms with Gasteiger partial charge >= 0.3 is 0 Å². The molecule has 1 aliphatic heterocycles. The third-order valence-electron chi connectivity index (χ3n) is 3.85. The number of hydrogen-bond donors (Lipinski definition) is 1. The van der Waals surface area contributed by atoms with Crippen LogP contribution >= 0.6 is 11.8 Å². The van der Waals surface area contributed by atoms with Crippen molar-refractivity contribution in [3.8, 4) is 0 Å². The van der Waals surface area contributed by atoms with Crippen LogP contribution in [-0.4, -0.2) is 16.6 Å². The molecule has 98 valence electrons. The second-order valence-corrected chi connectivity index (χ2v) is 5.95. The Morgan fingerprint density at radius 2 is 2.17 bits per heavy atom. The molecule has 5 heteroatoms. The van der Waals surface area contributed by atoms with Crippen molar-refractivity contribution in [2.24, 2.45) is 0 Å². The van der Waals surface area contributed by atoms with E-state index < -0.39 is 0 Å². The van der Waals surface area contributed by atoms with Gasteiger partial charge in [-0.3, -0.25) is 4.79 Å². The summed E-state index contributed by atoms with van der Waals surface area (Å²) in [6.07, 6.45) is 4.23. The molecule has 4 nitrogen and oxygen atoms in total. The van der Waals surface area contributed by atoms with Crippen LogP contribution in [0, 0.1) is 0 Å². The van der Waals surface area contributed by atoms with Gasteiger partial charge in [-0.05, 0) is 32.6 Å². The fourth-order valence-electron chi connectivity index (χ4n) is 2.95. The molecule has 0 atom stereocenters. The number of nitrogens with one attached hydrogen (secondary N) is 1. The quantitative estimate of drug-likeness (QED) is 0.912. The van der Waals surface area contributed by atoms with E-state index in [0.717, 1.165) is 54.3 Å². The maximum absolute atomic E-state index is 12.1. The summed E-state index contributed by atoms with van der Waals surface area (Å²) in [5.41, 5.74) is 1.51. The monoisotopic (exact) mass is 266 g/mol. The van der Waals surface area contributed by atoms with Crippen LogP contribution in [0.15, 0.2) is 4.79 Å². The molecule has 0 bridgehead atoms. The van der Waals surface area contributed by atoms with Crippen LogP contribution < -0.4 is 5.56 Å². The fraction of sp³-hybridized carbons (Fsp3) is 0.692. The van der Waals surface area contributed by atoms with Crippen molar-refractivity contribution in [2.45, 2.75) is 49.7 Å². The van der Waals surface area contributed by atoms with E-state index in [2.05, 4.69) is 9.97 Å². The van der Waals surface area contributed by atoms with Crippen molar-refractivity contribution >= 4 is 11.8 Å². The first-order valence-corrected chi connectivity index (χ1v) is 7.75. The van der Waals surface area contributed by atoms with E-state index in [1.54, 1.807) is 11.8 Å². The van der Waals surface area contributed by atoms with Gasteiger partial charge in [0.25, 0.3) is 5.56 Å². The summed E-state index contributed by atoms with van der Waals surface area (Å²) in [4.78, 5) is 19.7. The predicted molar refractivity (Wildman–Crippen MR) is 71.6 cm³/mol. The standard InChI is InChI=1S/C13H18N2O2S/c1-2-17-13(5-3-4-6-13)12-14-10-8-18-7-9(10)11(16)15-12/h2-8H2,1H3,(H,14,15,16). The molecule has 0 aromatic carbocycles. The van der Waals surface area contributed by atoms with Gasteiger partial charge in [0, 0.05) is 23.7 Å². The zero-order chi connectivity index (χ0) is 12.6. The SMILES string of the molecule is CCOC1(c2nc3c(c(=O)[nH]2)CSC3)CCCC1. The zero-order valence-electron chi connectivity index (χ0n) is 10.6. The van der Waals surface area contributed by atoms with Crippen molar-refractivity contribution in [3.05, 3.63) is 27.4 Å². The molecule has 0 saturated heterocycles. The van der Waals surface area contributed by atoms with E-state index >= 15 is 0 Å². The van der Waals surface area contributed by atoms with E-state index in [-0.39, 0.29) is 11.2 Å². The van der Waals surface area contributed by atoms with Gasteiger partial charge in [-0.15, -0.1) is 0 Å². The number of hydrogen-bond acceptors (Lipinski definition) is 4. The Labute approximate surface area is 111 Å². The van der Waals surface area contributed by atoms with Gasteiger partial charge in [-0.25, -0.2) is 4.98 Å². The molecular weight excluding hydrogens is 248 g/mol. The summed E-state index contributed by atoms with van der Waals surface area (Å²) in [7, 11) is 0. The van der Waals surface area contributed by atoms with Crippen LogP contribution in [0.5, 0.6) is 0 Å². The van der Waals surface area contributed by atoms with Crippen molar-refractivity contribution in [1.82, 2.24) is 9.97 Å². The van der Waals surface area contributed by atoms with Gasteiger partial charge in [-0.2, -0.15) is 11.8 Å². The van der Waals surface area contributed by atoms with Gasteiger partial charge in [0.05, 0.1) is 5.69 Å². The van der Waals surface area contributed by atoms with Crippen molar-refractivity contribution in [2.75, 3.05) is 6.61 Å². The average molecular weight is 266 g/mol. The molecule has 2 aliphatic rings. The van der Waals surface area contributed by atoms with Crippen molar-refractivity contribution < 1.29 is 4.74 Å². The Bertz CT molecular complexity index is 506. The molecule has 0 unspecified atom stereocenters. The molecule has 1 aromatic heterocycles. The minimum Gasteiger partial charge on any atom is -0.367 e. The predicted octanol–water partition coefficient (Wildman–Crippen LogP) is 2.32. The van der Waals surface area contributed by atoms with Crippen LogP contribution in [-0.2, 0) is 21.8 Å². The Kier molecular flexibility index (Phi) is 3.20. The Morgan fingerprint density at radius 1 is 1.39 bits per heavy atom. The molecule has 3 rings (SSSR count). The molecular formula is C13H18N2O2S. The van der Waals surface area contributed by atoms with Gasteiger partial charge < -0.3 is 9.72 Å². The number of aromatic nitrogens is 2. The van der Waals surface area contributed by atoms with Crippen LogP contribution in [0.2, 0.25) is 0 Å². The first kappa shape index (κ1) is 12.2. The minimum absolute atomic E-state index is 0.0333. The summed E-state index contributed by atoms with van der Waals surface area (Å²) in [5.74, 6) is 2.40. The smallest absolute Gasteiger partial charge is 0.255 e. The highest BCUT2D eigenvalue weighted by molar-refractivity contribution is 7.98. The minimum atomic E-state index is -0.337. The Balaban J connectivity index is 2.05. The molecule has 0 amide bonds. The number of ether oxygens (including phenoxy) is 1. The lowest BCUT2D eigenvalue weighted by Gasteiger charge is -2.28.